The molecule has 3 heterocycles. The summed E-state index contributed by atoms with van der Waals surface area (Å²) >= 11 is 5.97. The highest BCUT2D eigenvalue weighted by molar-refractivity contribution is 6.33. The Morgan fingerprint density at radius 1 is 1.50 bits per heavy atom. The molecule has 0 amide bonds. The first-order chi connectivity index (χ1) is 8.58. The van der Waals surface area contributed by atoms with E-state index in [0.29, 0.717) is 22.7 Å². The van der Waals surface area contributed by atoms with Gasteiger partial charge in [0, 0.05) is 6.42 Å². The number of fused-ring (bicyclic) bond motifs is 2. The van der Waals surface area contributed by atoms with Gasteiger partial charge in [0.15, 0.2) is 10.8 Å². The molecule has 6 nitrogen and oxygen atoms in total. The van der Waals surface area contributed by atoms with Crippen LogP contribution in [0.25, 0.3) is 11.2 Å². The highest BCUT2D eigenvalue weighted by Gasteiger charge is 2.63. The van der Waals surface area contributed by atoms with Gasteiger partial charge in [0.1, 0.15) is 24.1 Å². The summed E-state index contributed by atoms with van der Waals surface area (Å²) in [5.41, 5.74) is 0.498. The van der Waals surface area contributed by atoms with Crippen molar-refractivity contribution in [2.24, 2.45) is 0 Å². The van der Waals surface area contributed by atoms with Crippen molar-refractivity contribution in [3.05, 3.63) is 17.8 Å². The van der Waals surface area contributed by atoms with E-state index in [1.54, 1.807) is 13.3 Å². The van der Waals surface area contributed by atoms with Crippen LogP contribution in [0.2, 0.25) is 5.15 Å². The molecular weight excluding hydrogens is 256 g/mol. The highest BCUT2D eigenvalue weighted by atomic mass is 35.5. The van der Waals surface area contributed by atoms with E-state index in [1.165, 1.54) is 6.33 Å². The van der Waals surface area contributed by atoms with Gasteiger partial charge in [0.05, 0.1) is 18.0 Å². The molecule has 0 radical (unpaired) electrons. The number of hydrogen-bond acceptors (Lipinski definition) is 5. The zero-order valence-electron chi connectivity index (χ0n) is 9.62. The van der Waals surface area contributed by atoms with Gasteiger partial charge in [-0.1, -0.05) is 11.6 Å². The highest BCUT2D eigenvalue weighted by Crippen LogP contribution is 2.52. The van der Waals surface area contributed by atoms with Crippen LogP contribution in [-0.2, 0) is 4.74 Å². The zero-order chi connectivity index (χ0) is 12.5. The van der Waals surface area contributed by atoms with Crippen LogP contribution in [0.15, 0.2) is 12.7 Å². The molecule has 2 aliphatic rings. The molecule has 4 rings (SSSR count). The van der Waals surface area contributed by atoms with Crippen LogP contribution in [0.3, 0.4) is 0 Å². The molecule has 1 aliphatic carbocycles. The van der Waals surface area contributed by atoms with Gasteiger partial charge >= 0.3 is 0 Å². The molecule has 18 heavy (non-hydrogen) atoms. The Hall–Kier alpha value is -1.24. The van der Waals surface area contributed by atoms with Crippen molar-refractivity contribution in [3.63, 3.8) is 0 Å². The lowest BCUT2D eigenvalue weighted by Crippen LogP contribution is -2.28. The summed E-state index contributed by atoms with van der Waals surface area (Å²) in [7, 11) is 0. The van der Waals surface area contributed by atoms with Gasteiger partial charge in [-0.15, -0.1) is 0 Å². The second kappa shape index (κ2) is 3.20. The number of halogens is 1. The van der Waals surface area contributed by atoms with Crippen molar-refractivity contribution in [3.8, 4) is 0 Å². The SMILES string of the molecule is C[C@@]1(O)C[C@@H](n2cnc3c(Cl)ncnc32)[C@@H]2O[C@@H]21. The van der Waals surface area contributed by atoms with Crippen LogP contribution in [-0.4, -0.2) is 42.4 Å². The third-order valence-electron chi connectivity index (χ3n) is 3.81. The quantitative estimate of drug-likeness (QED) is 0.614. The molecule has 0 aromatic carbocycles. The maximum Gasteiger partial charge on any atom is 0.165 e. The molecule has 1 saturated carbocycles. The molecule has 0 spiro atoms. The van der Waals surface area contributed by atoms with E-state index in [-0.39, 0.29) is 18.2 Å². The molecule has 7 heteroatoms. The minimum atomic E-state index is -0.775. The smallest absolute Gasteiger partial charge is 0.165 e. The first-order valence-electron chi connectivity index (χ1n) is 5.79. The molecule has 0 bridgehead atoms. The normalized spacial score (nSPS) is 38.1. The molecule has 1 N–H and O–H groups in total. The van der Waals surface area contributed by atoms with E-state index in [1.807, 2.05) is 4.57 Å². The fourth-order valence-corrected chi connectivity index (χ4v) is 3.07. The third-order valence-corrected chi connectivity index (χ3v) is 4.09. The Labute approximate surface area is 108 Å². The van der Waals surface area contributed by atoms with E-state index in [9.17, 15) is 5.11 Å². The van der Waals surface area contributed by atoms with Gasteiger partial charge in [-0.3, -0.25) is 0 Å². The minimum Gasteiger partial charge on any atom is -0.387 e. The lowest BCUT2D eigenvalue weighted by atomic mass is 10.0. The van der Waals surface area contributed by atoms with Crippen molar-refractivity contribution in [2.75, 3.05) is 0 Å². The maximum absolute atomic E-state index is 10.2. The van der Waals surface area contributed by atoms with Gasteiger partial charge in [-0.2, -0.15) is 0 Å². The molecule has 4 atom stereocenters. The topological polar surface area (TPSA) is 76.4 Å². The fourth-order valence-electron chi connectivity index (χ4n) is 2.90. The van der Waals surface area contributed by atoms with E-state index in [4.69, 9.17) is 16.3 Å². The van der Waals surface area contributed by atoms with E-state index in [2.05, 4.69) is 15.0 Å². The monoisotopic (exact) mass is 266 g/mol. The Balaban J connectivity index is 1.83. The number of nitrogens with zero attached hydrogens (tertiary/aromatic N) is 4. The van der Waals surface area contributed by atoms with Crippen molar-refractivity contribution in [1.82, 2.24) is 19.5 Å². The lowest BCUT2D eigenvalue weighted by molar-refractivity contribution is 0.00964. The Bertz CT molecular complexity index is 641. The van der Waals surface area contributed by atoms with Gasteiger partial charge < -0.3 is 14.4 Å². The molecule has 2 fully saturated rings. The summed E-state index contributed by atoms with van der Waals surface area (Å²) < 4.78 is 7.43. The van der Waals surface area contributed by atoms with Crippen molar-refractivity contribution in [1.29, 1.82) is 0 Å². The van der Waals surface area contributed by atoms with E-state index < -0.39 is 5.60 Å². The average molecular weight is 267 g/mol. The van der Waals surface area contributed by atoms with E-state index in [0.717, 1.165) is 0 Å². The van der Waals surface area contributed by atoms with Gasteiger partial charge in [-0.05, 0) is 6.92 Å². The molecule has 2 aromatic heterocycles. The Kier molecular flexibility index (Phi) is 1.89. The summed E-state index contributed by atoms with van der Waals surface area (Å²) in [6, 6.07) is 0.0565. The van der Waals surface area contributed by atoms with E-state index >= 15 is 0 Å². The van der Waals surface area contributed by atoms with Crippen LogP contribution >= 0.6 is 11.6 Å². The number of rotatable bonds is 1. The summed E-state index contributed by atoms with van der Waals surface area (Å²) in [5, 5.41) is 10.5. The lowest BCUT2D eigenvalue weighted by Gasteiger charge is -2.21. The molecule has 0 unspecified atom stereocenters. The summed E-state index contributed by atoms with van der Waals surface area (Å²) in [5.74, 6) is 0. The predicted octanol–water partition coefficient (Wildman–Crippen LogP) is 0.943. The Morgan fingerprint density at radius 2 is 2.33 bits per heavy atom. The summed E-state index contributed by atoms with van der Waals surface area (Å²) in [4.78, 5) is 12.4. The zero-order valence-corrected chi connectivity index (χ0v) is 10.4. The van der Waals surface area contributed by atoms with Crippen LogP contribution in [0.5, 0.6) is 0 Å². The molecule has 1 aliphatic heterocycles. The predicted molar refractivity (Wildman–Crippen MR) is 63.3 cm³/mol. The minimum absolute atomic E-state index is 0.0474. The van der Waals surface area contributed by atoms with Crippen LogP contribution in [0.4, 0.5) is 0 Å². The maximum atomic E-state index is 10.2. The van der Waals surface area contributed by atoms with Crippen LogP contribution < -0.4 is 0 Å². The van der Waals surface area contributed by atoms with Gasteiger partial charge in [0.25, 0.3) is 0 Å². The molecular formula is C11H11ClN4O2. The first kappa shape index (κ1) is 10.7. The number of aliphatic hydroxyl groups is 1. The standard InChI is InChI=1S/C11H11ClN4O2/c1-11(17)2-5(7-8(11)18-7)16-4-15-6-9(12)13-3-14-10(6)16/h3-5,7-8,17H,2H2,1H3/t5-,7+,8+,11-/m1/s1. The second-order valence-electron chi connectivity index (χ2n) is 5.14. The molecule has 94 valence electrons. The van der Waals surface area contributed by atoms with Crippen molar-refractivity contribution < 1.29 is 9.84 Å². The van der Waals surface area contributed by atoms with Crippen molar-refractivity contribution in [2.45, 2.75) is 37.2 Å². The van der Waals surface area contributed by atoms with Gasteiger partial charge in [0.2, 0.25) is 0 Å². The average Bonchev–Trinajstić information content (AvgIpc) is 2.94. The number of hydrogen-bond donors (Lipinski definition) is 1. The van der Waals surface area contributed by atoms with Crippen molar-refractivity contribution >= 4 is 22.8 Å². The van der Waals surface area contributed by atoms with Crippen LogP contribution in [0.1, 0.15) is 19.4 Å². The number of aromatic nitrogens is 4. The second-order valence-corrected chi connectivity index (χ2v) is 5.50. The number of ether oxygens (including phenoxy) is 1. The number of epoxide rings is 1. The van der Waals surface area contributed by atoms with Crippen LogP contribution in [0, 0.1) is 0 Å². The Morgan fingerprint density at radius 3 is 3.00 bits per heavy atom. The first-order valence-corrected chi connectivity index (χ1v) is 6.16. The largest absolute Gasteiger partial charge is 0.387 e. The fraction of sp³-hybridized carbons (Fsp3) is 0.545. The molecule has 1 saturated heterocycles. The summed E-state index contributed by atoms with van der Waals surface area (Å²) in [6.45, 7) is 1.80. The van der Waals surface area contributed by atoms with Gasteiger partial charge in [-0.25, -0.2) is 15.0 Å². The molecule has 2 aromatic rings. The number of imidazole rings is 1. The summed E-state index contributed by atoms with van der Waals surface area (Å²) in [6.07, 6.45) is 3.72. The third kappa shape index (κ3) is 1.28.